The monoisotopic (exact) mass is 346 g/mol. The molecule has 2 atom stereocenters. The van der Waals surface area contributed by atoms with E-state index in [1.807, 2.05) is 0 Å². The van der Waals surface area contributed by atoms with Gasteiger partial charge in [0.15, 0.2) is 0 Å². The Morgan fingerprint density at radius 1 is 1.17 bits per heavy atom. The van der Waals surface area contributed by atoms with E-state index in [0.717, 1.165) is 0 Å². The van der Waals surface area contributed by atoms with Gasteiger partial charge in [-0.05, 0) is 27.2 Å². The van der Waals surface area contributed by atoms with Crippen molar-refractivity contribution in [2.24, 2.45) is 5.92 Å². The Bertz CT molecular complexity index is 397. The van der Waals surface area contributed by atoms with Crippen molar-refractivity contribution in [3.63, 3.8) is 0 Å². The fourth-order valence-electron chi connectivity index (χ4n) is 2.27. The maximum absolute atomic E-state index is 12.2. The van der Waals surface area contributed by atoms with Gasteiger partial charge in [-0.2, -0.15) is 0 Å². The standard InChI is InChI=1S/C16H30N2O6/c1-16(2,3)24-15(20)18-11-13-12(5-7-23-13)14(19)17-6-8-22-10-9-21-4/h12-13H,5-11H2,1-4H3,(H,17,19)(H,18,20). The van der Waals surface area contributed by atoms with Crippen molar-refractivity contribution in [1.29, 1.82) is 0 Å². The SMILES string of the molecule is COCCOCCNC(=O)C1CCOC1CNC(=O)OC(C)(C)C. The summed E-state index contributed by atoms with van der Waals surface area (Å²) in [6.45, 7) is 8.04. The molecule has 8 heteroatoms. The number of carbonyl (C=O) groups excluding carboxylic acids is 2. The average molecular weight is 346 g/mol. The topological polar surface area (TPSA) is 95.1 Å². The lowest BCUT2D eigenvalue weighted by Gasteiger charge is -2.22. The minimum absolute atomic E-state index is 0.0844. The summed E-state index contributed by atoms with van der Waals surface area (Å²) in [6.07, 6.45) is -0.215. The molecule has 0 aromatic carbocycles. The van der Waals surface area contributed by atoms with Crippen LogP contribution >= 0.6 is 0 Å². The summed E-state index contributed by atoms with van der Waals surface area (Å²) in [5.74, 6) is -0.363. The van der Waals surface area contributed by atoms with Crippen LogP contribution in [-0.2, 0) is 23.7 Å². The van der Waals surface area contributed by atoms with Crippen LogP contribution in [-0.4, -0.2) is 70.3 Å². The average Bonchev–Trinajstić information content (AvgIpc) is 2.95. The predicted octanol–water partition coefficient (Wildman–Crippen LogP) is 0.695. The third-order valence-corrected chi connectivity index (χ3v) is 3.37. The van der Waals surface area contributed by atoms with Gasteiger partial charge < -0.3 is 29.6 Å². The van der Waals surface area contributed by atoms with Gasteiger partial charge in [0.05, 0.1) is 31.8 Å². The van der Waals surface area contributed by atoms with E-state index in [1.165, 1.54) is 0 Å². The van der Waals surface area contributed by atoms with Gasteiger partial charge in [0.25, 0.3) is 0 Å². The Kier molecular flexibility index (Phi) is 9.02. The van der Waals surface area contributed by atoms with E-state index in [9.17, 15) is 9.59 Å². The number of hydrogen-bond donors (Lipinski definition) is 2. The molecule has 0 radical (unpaired) electrons. The summed E-state index contributed by atoms with van der Waals surface area (Å²) in [6, 6.07) is 0. The first-order chi connectivity index (χ1) is 11.3. The van der Waals surface area contributed by atoms with Crippen LogP contribution in [0.15, 0.2) is 0 Å². The zero-order valence-electron chi connectivity index (χ0n) is 15.1. The molecule has 140 valence electrons. The highest BCUT2D eigenvalue weighted by molar-refractivity contribution is 5.79. The van der Waals surface area contributed by atoms with Crippen LogP contribution < -0.4 is 10.6 Å². The minimum Gasteiger partial charge on any atom is -0.444 e. The first-order valence-electron chi connectivity index (χ1n) is 8.26. The van der Waals surface area contributed by atoms with Gasteiger partial charge in [-0.1, -0.05) is 0 Å². The summed E-state index contributed by atoms with van der Waals surface area (Å²) < 4.78 is 20.9. The third kappa shape index (κ3) is 8.47. The lowest BCUT2D eigenvalue weighted by molar-refractivity contribution is -0.126. The molecule has 1 aliphatic rings. The largest absolute Gasteiger partial charge is 0.444 e. The number of hydrogen-bond acceptors (Lipinski definition) is 6. The van der Waals surface area contributed by atoms with Gasteiger partial charge in [-0.3, -0.25) is 4.79 Å². The minimum atomic E-state index is -0.555. The fourth-order valence-corrected chi connectivity index (χ4v) is 2.27. The highest BCUT2D eigenvalue weighted by Crippen LogP contribution is 2.20. The van der Waals surface area contributed by atoms with Gasteiger partial charge in [0.2, 0.25) is 5.91 Å². The number of ether oxygens (including phenoxy) is 4. The Hall–Kier alpha value is -1.38. The van der Waals surface area contributed by atoms with Crippen molar-refractivity contribution in [3.8, 4) is 0 Å². The van der Waals surface area contributed by atoms with E-state index < -0.39 is 11.7 Å². The van der Waals surface area contributed by atoms with E-state index >= 15 is 0 Å². The Labute approximate surface area is 143 Å². The molecule has 0 saturated carbocycles. The molecule has 0 bridgehead atoms. The summed E-state index contributed by atoms with van der Waals surface area (Å²) in [5, 5.41) is 5.48. The first-order valence-corrected chi connectivity index (χ1v) is 8.26. The van der Waals surface area contributed by atoms with E-state index in [-0.39, 0.29) is 24.5 Å². The summed E-state index contributed by atoms with van der Waals surface area (Å²) in [5.41, 5.74) is -0.555. The predicted molar refractivity (Wildman–Crippen MR) is 87.8 cm³/mol. The number of amides is 2. The maximum Gasteiger partial charge on any atom is 0.407 e. The van der Waals surface area contributed by atoms with Crippen molar-refractivity contribution in [2.45, 2.75) is 38.9 Å². The number of nitrogens with one attached hydrogen (secondary N) is 2. The molecule has 0 aromatic heterocycles. The molecule has 0 aliphatic carbocycles. The van der Waals surface area contributed by atoms with Gasteiger partial charge in [0, 0.05) is 26.8 Å². The van der Waals surface area contributed by atoms with Gasteiger partial charge in [-0.15, -0.1) is 0 Å². The van der Waals surface area contributed by atoms with Crippen LogP contribution in [0.3, 0.4) is 0 Å². The quantitative estimate of drug-likeness (QED) is 0.597. The smallest absolute Gasteiger partial charge is 0.407 e. The lowest BCUT2D eigenvalue weighted by Crippen LogP contribution is -2.43. The normalized spacial score (nSPS) is 20.7. The second kappa shape index (κ2) is 10.5. The molecule has 1 fully saturated rings. The zero-order chi connectivity index (χ0) is 18.0. The van der Waals surface area contributed by atoms with Crippen LogP contribution in [0.25, 0.3) is 0 Å². The van der Waals surface area contributed by atoms with Gasteiger partial charge in [0.1, 0.15) is 5.60 Å². The van der Waals surface area contributed by atoms with Crippen LogP contribution in [0, 0.1) is 5.92 Å². The number of alkyl carbamates (subject to hydrolysis) is 1. The molecular formula is C16H30N2O6. The molecule has 24 heavy (non-hydrogen) atoms. The van der Waals surface area contributed by atoms with Crippen molar-refractivity contribution < 1.29 is 28.5 Å². The number of methoxy groups -OCH3 is 1. The number of carbonyl (C=O) groups is 2. The Morgan fingerprint density at radius 3 is 2.58 bits per heavy atom. The van der Waals surface area contributed by atoms with E-state index in [1.54, 1.807) is 27.9 Å². The van der Waals surface area contributed by atoms with E-state index in [2.05, 4.69) is 10.6 Å². The van der Waals surface area contributed by atoms with Crippen molar-refractivity contribution >= 4 is 12.0 Å². The number of rotatable bonds is 9. The van der Waals surface area contributed by atoms with Crippen LogP contribution in [0.2, 0.25) is 0 Å². The third-order valence-electron chi connectivity index (χ3n) is 3.37. The van der Waals surface area contributed by atoms with Crippen molar-refractivity contribution in [3.05, 3.63) is 0 Å². The molecule has 0 aromatic rings. The van der Waals surface area contributed by atoms with E-state index in [0.29, 0.717) is 39.4 Å². The van der Waals surface area contributed by atoms with Gasteiger partial charge >= 0.3 is 6.09 Å². The molecule has 2 unspecified atom stereocenters. The second-order valence-electron chi connectivity index (χ2n) is 6.58. The van der Waals surface area contributed by atoms with E-state index in [4.69, 9.17) is 18.9 Å². The maximum atomic E-state index is 12.2. The molecule has 1 aliphatic heterocycles. The Balaban J connectivity index is 2.26. The second-order valence-corrected chi connectivity index (χ2v) is 6.58. The van der Waals surface area contributed by atoms with Crippen LogP contribution in [0.4, 0.5) is 4.79 Å². The molecule has 8 nitrogen and oxygen atoms in total. The lowest BCUT2D eigenvalue weighted by atomic mass is 10.0. The molecule has 1 saturated heterocycles. The van der Waals surface area contributed by atoms with Gasteiger partial charge in [-0.25, -0.2) is 4.79 Å². The fraction of sp³-hybridized carbons (Fsp3) is 0.875. The highest BCUT2D eigenvalue weighted by Gasteiger charge is 2.34. The summed E-state index contributed by atoms with van der Waals surface area (Å²) in [4.78, 5) is 23.9. The molecule has 2 amide bonds. The molecule has 1 heterocycles. The zero-order valence-corrected chi connectivity index (χ0v) is 15.1. The van der Waals surface area contributed by atoms with Crippen LogP contribution in [0.5, 0.6) is 0 Å². The highest BCUT2D eigenvalue weighted by atomic mass is 16.6. The summed E-state index contributed by atoms with van der Waals surface area (Å²) >= 11 is 0. The van der Waals surface area contributed by atoms with Crippen molar-refractivity contribution in [2.75, 3.05) is 46.6 Å². The summed E-state index contributed by atoms with van der Waals surface area (Å²) in [7, 11) is 1.61. The molecule has 1 rings (SSSR count). The van der Waals surface area contributed by atoms with Crippen LogP contribution in [0.1, 0.15) is 27.2 Å². The Morgan fingerprint density at radius 2 is 1.92 bits per heavy atom. The molecule has 0 spiro atoms. The van der Waals surface area contributed by atoms with Crippen molar-refractivity contribution in [1.82, 2.24) is 10.6 Å². The first kappa shape index (κ1) is 20.7. The molecule has 2 N–H and O–H groups in total. The molecular weight excluding hydrogens is 316 g/mol.